The Labute approximate surface area is 114 Å². The van der Waals surface area contributed by atoms with E-state index in [9.17, 15) is 9.18 Å². The minimum Gasteiger partial charge on any atom is -0.480 e. The number of rotatable bonds is 3. The fourth-order valence-electron chi connectivity index (χ4n) is 2.38. The summed E-state index contributed by atoms with van der Waals surface area (Å²) in [4.78, 5) is 11.1. The Kier molecular flexibility index (Phi) is 2.99. The molecule has 0 unspecified atom stereocenters. The number of carboxylic acid groups (broad SMARTS) is 1. The Balaban J connectivity index is 2.23. The van der Waals surface area contributed by atoms with Crippen LogP contribution in [0.1, 0.15) is 0 Å². The van der Waals surface area contributed by atoms with E-state index in [1.165, 1.54) is 12.1 Å². The van der Waals surface area contributed by atoms with Crippen molar-refractivity contribution in [2.75, 3.05) is 0 Å². The van der Waals surface area contributed by atoms with E-state index in [4.69, 9.17) is 5.11 Å². The van der Waals surface area contributed by atoms with Gasteiger partial charge in [-0.25, -0.2) is 4.39 Å². The van der Waals surface area contributed by atoms with Crippen molar-refractivity contribution in [2.24, 2.45) is 0 Å². The van der Waals surface area contributed by atoms with E-state index < -0.39 is 5.97 Å². The van der Waals surface area contributed by atoms with Gasteiger partial charge in [-0.15, -0.1) is 0 Å². The molecule has 4 heteroatoms. The van der Waals surface area contributed by atoms with Crippen LogP contribution in [-0.4, -0.2) is 15.6 Å². The molecule has 0 fully saturated rings. The molecule has 3 rings (SSSR count). The van der Waals surface area contributed by atoms with Gasteiger partial charge in [-0.05, 0) is 42.0 Å². The van der Waals surface area contributed by atoms with E-state index >= 15 is 0 Å². The van der Waals surface area contributed by atoms with Crippen molar-refractivity contribution in [1.29, 1.82) is 0 Å². The highest BCUT2D eigenvalue weighted by atomic mass is 19.1. The van der Waals surface area contributed by atoms with Gasteiger partial charge in [0.1, 0.15) is 12.4 Å². The van der Waals surface area contributed by atoms with Crippen LogP contribution in [0.2, 0.25) is 0 Å². The first-order valence-electron chi connectivity index (χ1n) is 6.21. The zero-order valence-electron chi connectivity index (χ0n) is 10.6. The van der Waals surface area contributed by atoms with Crippen LogP contribution in [0.4, 0.5) is 4.39 Å². The predicted molar refractivity (Wildman–Crippen MR) is 75.0 cm³/mol. The third-order valence-corrected chi connectivity index (χ3v) is 3.24. The summed E-state index contributed by atoms with van der Waals surface area (Å²) in [6, 6.07) is 15.6. The number of fused-ring (bicyclic) bond motifs is 1. The molecule has 1 heterocycles. The highest BCUT2D eigenvalue weighted by Crippen LogP contribution is 2.28. The fraction of sp³-hybridized carbons (Fsp3) is 0.0625. The third kappa shape index (κ3) is 2.16. The van der Waals surface area contributed by atoms with Crippen molar-refractivity contribution in [1.82, 2.24) is 4.57 Å². The highest BCUT2D eigenvalue weighted by Gasteiger charge is 2.12. The standard InChI is InChI=1S/C16H12FNO2/c17-13-7-5-11(6-8-13)15-9-12-3-1-2-4-14(12)18(15)10-16(19)20/h1-9H,10H2,(H,19,20). The summed E-state index contributed by atoms with van der Waals surface area (Å²) in [5.41, 5.74) is 2.42. The average molecular weight is 269 g/mol. The summed E-state index contributed by atoms with van der Waals surface area (Å²) in [6.45, 7) is -0.125. The zero-order valence-corrected chi connectivity index (χ0v) is 10.6. The topological polar surface area (TPSA) is 42.2 Å². The van der Waals surface area contributed by atoms with E-state index in [2.05, 4.69) is 0 Å². The van der Waals surface area contributed by atoms with E-state index in [1.807, 2.05) is 30.3 Å². The molecule has 0 spiro atoms. The Morgan fingerprint density at radius 3 is 2.50 bits per heavy atom. The first-order chi connectivity index (χ1) is 9.65. The number of nitrogens with zero attached hydrogens (tertiary/aromatic N) is 1. The summed E-state index contributed by atoms with van der Waals surface area (Å²) in [7, 11) is 0. The molecule has 0 aliphatic rings. The number of halogens is 1. The lowest BCUT2D eigenvalue weighted by atomic mass is 10.1. The smallest absolute Gasteiger partial charge is 0.323 e. The van der Waals surface area contributed by atoms with Gasteiger partial charge in [-0.3, -0.25) is 4.79 Å². The van der Waals surface area contributed by atoms with Gasteiger partial charge < -0.3 is 9.67 Å². The number of hydrogen-bond donors (Lipinski definition) is 1. The van der Waals surface area contributed by atoms with Crippen molar-refractivity contribution in [3.63, 3.8) is 0 Å². The van der Waals surface area contributed by atoms with E-state index in [1.54, 1.807) is 16.7 Å². The van der Waals surface area contributed by atoms with Crippen LogP contribution in [0, 0.1) is 5.82 Å². The van der Waals surface area contributed by atoms with Crippen LogP contribution in [0.25, 0.3) is 22.2 Å². The quantitative estimate of drug-likeness (QED) is 0.790. The van der Waals surface area contributed by atoms with Crippen molar-refractivity contribution in [2.45, 2.75) is 6.54 Å². The molecule has 0 radical (unpaired) electrons. The van der Waals surface area contributed by atoms with Crippen molar-refractivity contribution in [3.05, 3.63) is 60.4 Å². The second-order valence-corrected chi connectivity index (χ2v) is 4.58. The molecule has 0 atom stereocenters. The molecule has 1 N–H and O–H groups in total. The molecule has 1 aromatic heterocycles. The third-order valence-electron chi connectivity index (χ3n) is 3.24. The SMILES string of the molecule is O=C(O)Cn1c(-c2ccc(F)cc2)cc2ccccc21. The lowest BCUT2D eigenvalue weighted by Crippen LogP contribution is -2.09. The van der Waals surface area contributed by atoms with Crippen molar-refractivity contribution >= 4 is 16.9 Å². The molecule has 0 saturated carbocycles. The number of carbonyl (C=O) groups is 1. The Bertz CT molecular complexity index is 775. The van der Waals surface area contributed by atoms with Crippen LogP contribution in [0.5, 0.6) is 0 Å². The maximum atomic E-state index is 13.0. The Hall–Kier alpha value is -2.62. The second-order valence-electron chi connectivity index (χ2n) is 4.58. The van der Waals surface area contributed by atoms with Gasteiger partial charge in [0.25, 0.3) is 0 Å². The largest absolute Gasteiger partial charge is 0.480 e. The molecular weight excluding hydrogens is 257 g/mol. The molecule has 0 bridgehead atoms. The molecule has 0 saturated heterocycles. The first kappa shape index (κ1) is 12.4. The van der Waals surface area contributed by atoms with Gasteiger partial charge in [0.05, 0.1) is 0 Å². The minimum absolute atomic E-state index is 0.125. The molecular formula is C16H12FNO2. The number of carboxylic acids is 1. The number of aromatic nitrogens is 1. The minimum atomic E-state index is -0.908. The predicted octanol–water partition coefficient (Wildman–Crippen LogP) is 3.53. The van der Waals surface area contributed by atoms with Gasteiger partial charge in [0.15, 0.2) is 0 Å². The molecule has 100 valence electrons. The lowest BCUT2D eigenvalue weighted by molar-refractivity contribution is -0.137. The van der Waals surface area contributed by atoms with Gasteiger partial charge in [0, 0.05) is 16.6 Å². The van der Waals surface area contributed by atoms with Crippen LogP contribution in [0.15, 0.2) is 54.6 Å². The van der Waals surface area contributed by atoms with Gasteiger partial charge in [-0.2, -0.15) is 0 Å². The zero-order chi connectivity index (χ0) is 14.1. The normalized spacial score (nSPS) is 10.8. The molecule has 0 aliphatic heterocycles. The number of hydrogen-bond acceptors (Lipinski definition) is 1. The molecule has 20 heavy (non-hydrogen) atoms. The number of aliphatic carboxylic acids is 1. The van der Waals surface area contributed by atoms with Crippen LogP contribution in [-0.2, 0) is 11.3 Å². The number of para-hydroxylation sites is 1. The molecule has 3 aromatic rings. The van der Waals surface area contributed by atoms with Gasteiger partial charge >= 0.3 is 5.97 Å². The number of benzene rings is 2. The van der Waals surface area contributed by atoms with E-state index in [0.29, 0.717) is 0 Å². The average Bonchev–Trinajstić information content (AvgIpc) is 2.78. The van der Waals surface area contributed by atoms with Crippen LogP contribution in [0.3, 0.4) is 0 Å². The van der Waals surface area contributed by atoms with Crippen LogP contribution < -0.4 is 0 Å². The van der Waals surface area contributed by atoms with Gasteiger partial charge in [-0.1, -0.05) is 18.2 Å². The molecule has 0 amide bonds. The monoisotopic (exact) mass is 269 g/mol. The van der Waals surface area contributed by atoms with Crippen molar-refractivity contribution in [3.8, 4) is 11.3 Å². The molecule has 0 aliphatic carbocycles. The molecule has 2 aromatic carbocycles. The lowest BCUT2D eigenvalue weighted by Gasteiger charge is -2.08. The second kappa shape index (κ2) is 4.81. The van der Waals surface area contributed by atoms with E-state index in [-0.39, 0.29) is 12.4 Å². The fourth-order valence-corrected chi connectivity index (χ4v) is 2.38. The van der Waals surface area contributed by atoms with E-state index in [0.717, 1.165) is 22.2 Å². The maximum absolute atomic E-state index is 13.0. The highest BCUT2D eigenvalue weighted by molar-refractivity contribution is 5.88. The van der Waals surface area contributed by atoms with Gasteiger partial charge in [0.2, 0.25) is 0 Å². The van der Waals surface area contributed by atoms with Crippen molar-refractivity contribution < 1.29 is 14.3 Å². The summed E-state index contributed by atoms with van der Waals surface area (Å²) in [5.74, 6) is -1.22. The van der Waals surface area contributed by atoms with Crippen LogP contribution >= 0.6 is 0 Å². The summed E-state index contributed by atoms with van der Waals surface area (Å²) in [5, 5.41) is 10.0. The first-order valence-corrected chi connectivity index (χ1v) is 6.21. The Morgan fingerprint density at radius 2 is 1.80 bits per heavy atom. The summed E-state index contributed by atoms with van der Waals surface area (Å²) < 4.78 is 14.7. The summed E-state index contributed by atoms with van der Waals surface area (Å²) >= 11 is 0. The maximum Gasteiger partial charge on any atom is 0.323 e. The Morgan fingerprint density at radius 1 is 1.10 bits per heavy atom. The molecule has 3 nitrogen and oxygen atoms in total. The summed E-state index contributed by atoms with van der Waals surface area (Å²) in [6.07, 6.45) is 0.